The lowest BCUT2D eigenvalue weighted by molar-refractivity contribution is 1.18. The Labute approximate surface area is 387 Å². The summed E-state index contributed by atoms with van der Waals surface area (Å²) >= 11 is 0. The van der Waals surface area contributed by atoms with Gasteiger partial charge in [-0.25, -0.2) is 4.99 Å². The highest BCUT2D eigenvalue weighted by Crippen LogP contribution is 2.46. The Hall–Kier alpha value is -8.27. The van der Waals surface area contributed by atoms with Gasteiger partial charge in [0.15, 0.2) is 0 Å². The molecule has 0 saturated heterocycles. The zero-order valence-corrected chi connectivity index (χ0v) is 38.0. The molecule has 66 heavy (non-hydrogen) atoms. The number of aliphatic imine (C=N–C) groups is 1. The monoisotopic (exact) mass is 849 g/mol. The molecule has 1 aliphatic rings. The van der Waals surface area contributed by atoms with Crippen molar-refractivity contribution < 1.29 is 0 Å². The molecule has 0 fully saturated rings. The second kappa shape index (κ2) is 17.7. The van der Waals surface area contributed by atoms with Gasteiger partial charge < -0.3 is 9.13 Å². The van der Waals surface area contributed by atoms with Gasteiger partial charge in [-0.15, -0.1) is 6.58 Å². The van der Waals surface area contributed by atoms with Crippen molar-refractivity contribution in [2.24, 2.45) is 4.99 Å². The molecule has 318 valence electrons. The number of para-hydroxylation sites is 3. The van der Waals surface area contributed by atoms with Crippen molar-refractivity contribution in [1.82, 2.24) is 9.13 Å². The molecule has 9 aromatic carbocycles. The summed E-state index contributed by atoms with van der Waals surface area (Å²) in [6, 6.07) is 74.3. The predicted molar refractivity (Wildman–Crippen MR) is 286 cm³/mol. The van der Waals surface area contributed by atoms with Gasteiger partial charge in [0.25, 0.3) is 0 Å². The Bertz CT molecular complexity index is 3700. The Kier molecular flexibility index (Phi) is 11.2. The molecule has 0 saturated carbocycles. The van der Waals surface area contributed by atoms with E-state index in [9.17, 15) is 0 Å². The Balaban J connectivity index is 0.000000985. The molecule has 0 aliphatic heterocycles. The minimum atomic E-state index is 0.730. The first-order valence-corrected chi connectivity index (χ1v) is 22.9. The molecule has 0 bridgehead atoms. The second-order valence-corrected chi connectivity index (χ2v) is 16.4. The number of nitrogens with zero attached hydrogens (tertiary/aromatic N) is 3. The molecule has 12 rings (SSSR count). The molecule has 0 N–H and O–H groups in total. The van der Waals surface area contributed by atoms with Crippen LogP contribution in [-0.4, -0.2) is 14.8 Å². The molecule has 0 atom stereocenters. The molecular weight excluding hydrogens is 799 g/mol. The van der Waals surface area contributed by atoms with Gasteiger partial charge in [-0.05, 0) is 107 Å². The lowest BCUT2D eigenvalue weighted by Gasteiger charge is -2.16. The highest BCUT2D eigenvalue weighted by Gasteiger charge is 2.27. The first kappa shape index (κ1) is 41.7. The quantitative estimate of drug-likeness (QED) is 0.113. The highest BCUT2D eigenvalue weighted by atomic mass is 15.0. The van der Waals surface area contributed by atoms with Gasteiger partial charge >= 0.3 is 0 Å². The third-order valence-corrected chi connectivity index (χ3v) is 12.6. The van der Waals surface area contributed by atoms with E-state index in [0.29, 0.717) is 0 Å². The molecule has 2 aromatic heterocycles. The average molecular weight is 850 g/mol. The Morgan fingerprint density at radius 1 is 0.455 bits per heavy atom. The number of hydrogen-bond donors (Lipinski definition) is 0. The first-order valence-electron chi connectivity index (χ1n) is 22.9. The van der Waals surface area contributed by atoms with Crippen molar-refractivity contribution in [1.29, 1.82) is 0 Å². The normalized spacial score (nSPS) is 12.1. The SMILES string of the molecule is C=C(N=C(C1=C(C)c2cccc3cccc1c23)c1cccc(-n2c3ccccc3c3c(-c4cccc5c4c4ccccc4n5-c4ccccc4)cccc32)c1)c1ccccc1.C=CC.CC. The van der Waals surface area contributed by atoms with Gasteiger partial charge in [-0.1, -0.05) is 184 Å². The van der Waals surface area contributed by atoms with Crippen molar-refractivity contribution >= 4 is 76.9 Å². The number of allylic oxidation sites excluding steroid dienone is 3. The van der Waals surface area contributed by atoms with E-state index in [1.54, 1.807) is 6.08 Å². The van der Waals surface area contributed by atoms with Gasteiger partial charge in [0.1, 0.15) is 0 Å². The topological polar surface area (TPSA) is 22.2 Å². The smallest absolute Gasteiger partial charge is 0.0791 e. The van der Waals surface area contributed by atoms with Crippen LogP contribution in [0.2, 0.25) is 0 Å². The number of aromatic nitrogens is 2. The standard InChI is InChI=1S/C58H39N3.C3H6.C2H6/c1-37-44-28-14-20-40-21-15-31-49(55(40)44)54(37)58(59-38(2)39-18-5-3-6-19-39)41-22-13-25-43(36-41)61-51-33-12-10-27-48(51)57-46(30-17-35-53(57)61)45-29-16-34-52-56(45)47-26-9-11-32-50(47)60(52)42-23-7-4-8-24-42;1-3-2;1-2/h3-36H,2H2,1H3;3H,1H2,2H3;1-2H3. The van der Waals surface area contributed by atoms with E-state index in [1.165, 1.54) is 71.2 Å². The van der Waals surface area contributed by atoms with Gasteiger partial charge in [-0.2, -0.15) is 0 Å². The number of benzene rings is 9. The number of fused-ring (bicyclic) bond motifs is 6. The van der Waals surface area contributed by atoms with E-state index >= 15 is 0 Å². The van der Waals surface area contributed by atoms with Crippen LogP contribution in [0.3, 0.4) is 0 Å². The van der Waals surface area contributed by atoms with Crippen LogP contribution in [0.15, 0.2) is 230 Å². The van der Waals surface area contributed by atoms with Gasteiger partial charge in [0.2, 0.25) is 0 Å². The molecule has 0 amide bonds. The van der Waals surface area contributed by atoms with E-state index < -0.39 is 0 Å². The zero-order chi connectivity index (χ0) is 45.3. The predicted octanol–water partition coefficient (Wildman–Crippen LogP) is 17.3. The molecule has 1 aliphatic carbocycles. The van der Waals surface area contributed by atoms with Crippen LogP contribution in [0, 0.1) is 0 Å². The van der Waals surface area contributed by atoms with Crippen LogP contribution >= 0.6 is 0 Å². The minimum Gasteiger partial charge on any atom is -0.309 e. The number of rotatable bonds is 7. The van der Waals surface area contributed by atoms with Crippen LogP contribution in [0.4, 0.5) is 0 Å². The summed E-state index contributed by atoms with van der Waals surface area (Å²) in [7, 11) is 0. The van der Waals surface area contributed by atoms with E-state index in [0.717, 1.165) is 50.5 Å². The average Bonchev–Trinajstić information content (AvgIpc) is 4.00. The minimum absolute atomic E-state index is 0.730. The van der Waals surface area contributed by atoms with Gasteiger partial charge in [0.05, 0.1) is 33.5 Å². The maximum atomic E-state index is 5.45. The molecule has 0 radical (unpaired) electrons. The lowest BCUT2D eigenvalue weighted by Crippen LogP contribution is -2.07. The maximum absolute atomic E-state index is 5.45. The van der Waals surface area contributed by atoms with Crippen LogP contribution in [-0.2, 0) is 0 Å². The van der Waals surface area contributed by atoms with E-state index in [2.05, 4.69) is 217 Å². The van der Waals surface area contributed by atoms with Gasteiger partial charge in [-0.3, -0.25) is 0 Å². The summed E-state index contributed by atoms with van der Waals surface area (Å²) in [6.07, 6.45) is 1.75. The van der Waals surface area contributed by atoms with Crippen molar-refractivity contribution in [3.05, 3.63) is 248 Å². The zero-order valence-electron chi connectivity index (χ0n) is 38.0. The summed E-state index contributed by atoms with van der Waals surface area (Å²) in [5.41, 5.74) is 17.9. The fourth-order valence-corrected chi connectivity index (χ4v) is 10.0. The molecule has 11 aromatic rings. The molecule has 0 unspecified atom stereocenters. The largest absolute Gasteiger partial charge is 0.309 e. The van der Waals surface area contributed by atoms with Gasteiger partial charge in [0, 0.05) is 44.1 Å². The molecule has 3 heteroatoms. The fraction of sp³-hybridized carbons (Fsp3) is 0.0635. The summed E-state index contributed by atoms with van der Waals surface area (Å²) in [5, 5.41) is 7.46. The molecule has 3 nitrogen and oxygen atoms in total. The van der Waals surface area contributed by atoms with E-state index in [4.69, 9.17) is 4.99 Å². The molecule has 2 heterocycles. The van der Waals surface area contributed by atoms with Crippen molar-refractivity contribution in [2.75, 3.05) is 0 Å². The van der Waals surface area contributed by atoms with Crippen LogP contribution in [0.5, 0.6) is 0 Å². The summed E-state index contributed by atoms with van der Waals surface area (Å²) in [5.74, 6) is 0. The van der Waals surface area contributed by atoms with Crippen molar-refractivity contribution in [2.45, 2.75) is 27.7 Å². The van der Waals surface area contributed by atoms with Crippen LogP contribution in [0.1, 0.15) is 49.9 Å². The van der Waals surface area contributed by atoms with E-state index in [1.807, 2.05) is 39.0 Å². The Morgan fingerprint density at radius 2 is 0.894 bits per heavy atom. The van der Waals surface area contributed by atoms with Crippen LogP contribution in [0.25, 0.3) is 93.7 Å². The van der Waals surface area contributed by atoms with Crippen molar-refractivity contribution in [3.8, 4) is 22.5 Å². The highest BCUT2D eigenvalue weighted by molar-refractivity contribution is 6.42. The first-order chi connectivity index (χ1) is 32.6. The second-order valence-electron chi connectivity index (χ2n) is 16.4. The van der Waals surface area contributed by atoms with Crippen molar-refractivity contribution in [3.63, 3.8) is 0 Å². The number of hydrogen-bond acceptors (Lipinski definition) is 1. The third-order valence-electron chi connectivity index (χ3n) is 12.6. The summed E-state index contributed by atoms with van der Waals surface area (Å²) in [4.78, 5) is 5.45. The molecular formula is C63H51N3. The lowest BCUT2D eigenvalue weighted by atomic mass is 9.94. The molecule has 0 spiro atoms. The maximum Gasteiger partial charge on any atom is 0.0791 e. The summed E-state index contributed by atoms with van der Waals surface area (Å²) < 4.78 is 4.83. The summed E-state index contributed by atoms with van der Waals surface area (Å²) in [6.45, 7) is 16.0. The third kappa shape index (κ3) is 6.88. The van der Waals surface area contributed by atoms with Crippen LogP contribution < -0.4 is 0 Å². The van der Waals surface area contributed by atoms with E-state index in [-0.39, 0.29) is 0 Å². The Morgan fingerprint density at radius 3 is 1.50 bits per heavy atom. The fourth-order valence-electron chi connectivity index (χ4n) is 10.0.